The average Bonchev–Trinajstić information content (AvgIpc) is 3.31. The first-order valence-corrected chi connectivity index (χ1v) is 12.6. The fourth-order valence-electron chi connectivity index (χ4n) is 5.74. The van der Waals surface area contributed by atoms with Crippen molar-refractivity contribution in [3.63, 3.8) is 0 Å². The van der Waals surface area contributed by atoms with Crippen molar-refractivity contribution in [3.8, 4) is 28.5 Å². The summed E-state index contributed by atoms with van der Waals surface area (Å²) in [7, 11) is 2.00. The Morgan fingerprint density at radius 2 is 1.72 bits per heavy atom. The number of rotatable bonds is 3. The first kappa shape index (κ1) is 18.4. The number of nitriles is 1. The van der Waals surface area contributed by atoms with Crippen LogP contribution in [0.5, 0.6) is 0 Å². The maximum absolute atomic E-state index is 10.1. The van der Waals surface area contributed by atoms with Crippen LogP contribution >= 0.6 is 0 Å². The number of hydrogen-bond donors (Lipinski definition) is 0. The molecule has 5 aromatic rings. The maximum atomic E-state index is 10.1. The van der Waals surface area contributed by atoms with Crippen LogP contribution in [0.1, 0.15) is 65.7 Å². The van der Waals surface area contributed by atoms with Crippen molar-refractivity contribution < 1.29 is 14.5 Å². The van der Waals surface area contributed by atoms with Crippen molar-refractivity contribution in [3.05, 3.63) is 89.1 Å². The second-order valence-electron chi connectivity index (χ2n) is 9.83. The van der Waals surface area contributed by atoms with Crippen molar-refractivity contribution >= 4 is 21.9 Å². The Morgan fingerprint density at radius 1 is 0.944 bits per heavy atom. The van der Waals surface area contributed by atoms with Gasteiger partial charge in [-0.15, -0.1) is 0 Å². The van der Waals surface area contributed by atoms with E-state index in [1.807, 2.05) is 43.6 Å². The SMILES string of the molecule is [2H]C([2H])([2H])c1cc(-c2c(C#N)ccc3c2oc2c(-c4cccc[n+]4C)c(C)ccc23)ccc1C1([2H])CCCCC1. The summed E-state index contributed by atoms with van der Waals surface area (Å²) in [6.45, 7) is -0.336. The van der Waals surface area contributed by atoms with Crippen LogP contribution in [0.2, 0.25) is 0 Å². The number of fused-ring (bicyclic) bond motifs is 3. The lowest BCUT2D eigenvalue weighted by Crippen LogP contribution is -2.30. The minimum absolute atomic E-state index is 0.187. The molecule has 0 atom stereocenters. The molecule has 0 unspecified atom stereocenters. The molecule has 2 aromatic heterocycles. The molecule has 36 heavy (non-hydrogen) atoms. The highest BCUT2D eigenvalue weighted by Crippen LogP contribution is 2.43. The first-order chi connectivity index (χ1) is 19.1. The van der Waals surface area contributed by atoms with Crippen molar-refractivity contribution in [1.29, 1.82) is 5.26 Å². The number of hydrogen-bond acceptors (Lipinski definition) is 2. The van der Waals surface area contributed by atoms with Crippen LogP contribution in [0.4, 0.5) is 0 Å². The molecular weight excluding hydrogens is 440 g/mol. The Bertz CT molecular complexity index is 1820. The second-order valence-corrected chi connectivity index (χ2v) is 9.83. The summed E-state index contributed by atoms with van der Waals surface area (Å²) >= 11 is 0. The van der Waals surface area contributed by atoms with E-state index in [2.05, 4.69) is 29.7 Å². The largest absolute Gasteiger partial charge is 0.454 e. The molecule has 1 saturated carbocycles. The summed E-state index contributed by atoms with van der Waals surface area (Å²) in [5.41, 5.74) is 6.70. The van der Waals surface area contributed by atoms with Gasteiger partial charge in [0.1, 0.15) is 18.2 Å². The van der Waals surface area contributed by atoms with Crippen LogP contribution < -0.4 is 4.57 Å². The van der Waals surface area contributed by atoms with Gasteiger partial charge in [-0.3, -0.25) is 0 Å². The van der Waals surface area contributed by atoms with Crippen molar-refractivity contribution in [2.75, 3.05) is 0 Å². The lowest BCUT2D eigenvalue weighted by Gasteiger charge is -2.24. The van der Waals surface area contributed by atoms with Gasteiger partial charge in [0.2, 0.25) is 5.69 Å². The lowest BCUT2D eigenvalue weighted by molar-refractivity contribution is -0.660. The van der Waals surface area contributed by atoms with E-state index in [9.17, 15) is 5.26 Å². The molecule has 6 rings (SSSR count). The molecule has 2 heterocycles. The van der Waals surface area contributed by atoms with Crippen LogP contribution in [-0.4, -0.2) is 0 Å². The Kier molecular flexibility index (Phi) is 4.57. The van der Waals surface area contributed by atoms with E-state index in [-0.39, 0.29) is 5.56 Å². The van der Waals surface area contributed by atoms with E-state index in [1.54, 1.807) is 18.2 Å². The second kappa shape index (κ2) is 8.95. The molecule has 0 N–H and O–H groups in total. The van der Waals surface area contributed by atoms with E-state index in [0.29, 0.717) is 40.7 Å². The molecule has 0 bridgehead atoms. The van der Waals surface area contributed by atoms with Crippen LogP contribution in [0.25, 0.3) is 44.3 Å². The minimum Gasteiger partial charge on any atom is -0.454 e. The normalized spacial score (nSPS) is 17.2. The third kappa shape index (κ3) is 3.60. The number of furan rings is 1. The monoisotopic (exact) mass is 475 g/mol. The van der Waals surface area contributed by atoms with E-state index >= 15 is 0 Å². The summed E-state index contributed by atoms with van der Waals surface area (Å²) in [6.07, 6.45) is 6.21. The summed E-state index contributed by atoms with van der Waals surface area (Å²) in [5.74, 6) is -0.915. The predicted molar refractivity (Wildman–Crippen MR) is 146 cm³/mol. The smallest absolute Gasteiger partial charge is 0.216 e. The highest BCUT2D eigenvalue weighted by Gasteiger charge is 2.24. The Hall–Kier alpha value is -3.90. The molecule has 0 aliphatic heterocycles. The molecule has 0 amide bonds. The Balaban J connectivity index is 1.64. The van der Waals surface area contributed by atoms with Crippen LogP contribution in [0.3, 0.4) is 0 Å². The lowest BCUT2D eigenvalue weighted by atomic mass is 9.81. The van der Waals surface area contributed by atoms with E-state index in [4.69, 9.17) is 9.90 Å². The summed E-state index contributed by atoms with van der Waals surface area (Å²) in [4.78, 5) is 0. The third-order valence-electron chi connectivity index (χ3n) is 7.60. The van der Waals surface area contributed by atoms with Gasteiger partial charge in [0.15, 0.2) is 6.20 Å². The average molecular weight is 476 g/mol. The van der Waals surface area contributed by atoms with Gasteiger partial charge in [-0.1, -0.05) is 49.6 Å². The van der Waals surface area contributed by atoms with Crippen molar-refractivity contribution in [2.24, 2.45) is 7.05 Å². The molecule has 1 aliphatic carbocycles. The van der Waals surface area contributed by atoms with Gasteiger partial charge in [-0.25, -0.2) is 4.57 Å². The molecule has 0 saturated heterocycles. The number of benzene rings is 3. The van der Waals surface area contributed by atoms with Gasteiger partial charge in [-0.05, 0) is 73.0 Å². The molecule has 0 spiro atoms. The molecular formula is C33H31N2O+. The summed E-state index contributed by atoms with van der Waals surface area (Å²) < 4.78 is 42.9. The maximum Gasteiger partial charge on any atom is 0.216 e. The summed E-state index contributed by atoms with van der Waals surface area (Å²) in [5, 5.41) is 11.9. The fourth-order valence-corrected chi connectivity index (χ4v) is 5.74. The van der Waals surface area contributed by atoms with Gasteiger partial charge in [0.25, 0.3) is 0 Å². The molecule has 0 radical (unpaired) electrons. The van der Waals surface area contributed by atoms with Crippen LogP contribution in [0.15, 0.2) is 71.3 Å². The summed E-state index contributed by atoms with van der Waals surface area (Å²) in [6, 6.07) is 21.5. The zero-order valence-electron chi connectivity index (χ0n) is 24.7. The molecule has 1 fully saturated rings. The Morgan fingerprint density at radius 3 is 2.47 bits per heavy atom. The molecule has 3 heteroatoms. The van der Waals surface area contributed by atoms with Crippen molar-refractivity contribution in [2.45, 2.75) is 51.8 Å². The van der Waals surface area contributed by atoms with Gasteiger partial charge in [-0.2, -0.15) is 5.26 Å². The number of aryl methyl sites for hydroxylation is 3. The quantitative estimate of drug-likeness (QED) is 0.246. The standard InChI is InChI=1S/C33H31N2O/c1-21-12-15-27-28-17-14-25(20-34)31(24-13-16-26(22(2)19-24)23-9-5-4-6-10-23)33(28)36-32(27)30(21)29-11-7-8-18-35(29)3/h7-8,11-19,23H,4-6,9-10H2,1-3H3/q+1/i2D3,23D. The molecule has 1 aliphatic rings. The highest BCUT2D eigenvalue weighted by atomic mass is 16.3. The zero-order chi connectivity index (χ0) is 28.2. The number of nitrogens with zero attached hydrogens (tertiary/aromatic N) is 2. The van der Waals surface area contributed by atoms with E-state index in [1.165, 1.54) is 0 Å². The predicted octanol–water partition coefficient (Wildman–Crippen LogP) is 8.28. The number of aromatic nitrogens is 1. The van der Waals surface area contributed by atoms with Gasteiger partial charge in [0.05, 0.1) is 17.2 Å². The van der Waals surface area contributed by atoms with Gasteiger partial charge >= 0.3 is 0 Å². The number of pyridine rings is 1. The van der Waals surface area contributed by atoms with Gasteiger partial charge < -0.3 is 4.42 Å². The third-order valence-corrected chi connectivity index (χ3v) is 7.60. The van der Waals surface area contributed by atoms with E-state index in [0.717, 1.165) is 52.4 Å². The molecule has 3 nitrogen and oxygen atoms in total. The molecule has 178 valence electrons. The van der Waals surface area contributed by atoms with Crippen molar-refractivity contribution in [1.82, 2.24) is 0 Å². The van der Waals surface area contributed by atoms with Gasteiger partial charge in [0, 0.05) is 34.0 Å². The Labute approximate surface area is 218 Å². The topological polar surface area (TPSA) is 40.8 Å². The molecule has 3 aromatic carbocycles. The zero-order valence-corrected chi connectivity index (χ0v) is 20.7. The van der Waals surface area contributed by atoms with E-state index < -0.39 is 12.7 Å². The minimum atomic E-state index is -2.39. The van der Waals surface area contributed by atoms with Crippen LogP contribution in [0, 0.1) is 25.1 Å². The first-order valence-electron chi connectivity index (χ1n) is 14.6. The van der Waals surface area contributed by atoms with Crippen LogP contribution in [-0.2, 0) is 7.05 Å². The fraction of sp³-hybridized carbons (Fsp3) is 0.273. The highest BCUT2D eigenvalue weighted by molar-refractivity contribution is 6.14.